The second kappa shape index (κ2) is 7.87. The predicted octanol–water partition coefficient (Wildman–Crippen LogP) is -1.22. The van der Waals surface area contributed by atoms with Crippen LogP contribution in [0.2, 0.25) is 0 Å². The highest BCUT2D eigenvalue weighted by molar-refractivity contribution is 5.85. The maximum Gasteiger partial charge on any atom is 0.234 e. The highest BCUT2D eigenvalue weighted by Crippen LogP contribution is 1.90. The number of primary amides is 1. The maximum absolute atomic E-state index is 10.7. The summed E-state index contributed by atoms with van der Waals surface area (Å²) in [5, 5.41) is 6.39. The number of rotatable bonds is 5. The van der Waals surface area contributed by atoms with Gasteiger partial charge in [-0.3, -0.25) is 9.69 Å². The minimum atomic E-state index is -0.287. The van der Waals surface area contributed by atoms with Crippen molar-refractivity contribution >= 4 is 18.3 Å². The molecule has 0 aromatic rings. The second-order valence-electron chi connectivity index (χ2n) is 3.67. The Bertz CT molecular complexity index is 185. The summed E-state index contributed by atoms with van der Waals surface area (Å²) in [6.07, 6.45) is 0. The van der Waals surface area contributed by atoms with Crippen LogP contribution in [0.4, 0.5) is 0 Å². The van der Waals surface area contributed by atoms with Crippen LogP contribution in [-0.2, 0) is 4.79 Å². The van der Waals surface area contributed by atoms with E-state index in [1.54, 1.807) is 6.92 Å². The fourth-order valence-corrected chi connectivity index (χ4v) is 1.47. The highest BCUT2D eigenvalue weighted by atomic mass is 35.5. The minimum Gasteiger partial charge on any atom is -0.368 e. The minimum absolute atomic E-state index is 0. The van der Waals surface area contributed by atoms with Crippen LogP contribution in [-0.4, -0.2) is 56.1 Å². The van der Waals surface area contributed by atoms with E-state index in [1.165, 1.54) is 0 Å². The van der Waals surface area contributed by atoms with Crippen molar-refractivity contribution in [3.63, 3.8) is 0 Å². The van der Waals surface area contributed by atoms with Crippen LogP contribution in [0.5, 0.6) is 0 Å². The van der Waals surface area contributed by atoms with Crippen molar-refractivity contribution in [3.05, 3.63) is 0 Å². The molecule has 0 spiro atoms. The van der Waals surface area contributed by atoms with Crippen LogP contribution >= 0.6 is 12.4 Å². The van der Waals surface area contributed by atoms with Gasteiger partial charge in [-0.25, -0.2) is 0 Å². The maximum atomic E-state index is 10.7. The van der Waals surface area contributed by atoms with Gasteiger partial charge in [-0.2, -0.15) is 0 Å². The Balaban J connectivity index is 0.00000196. The summed E-state index contributed by atoms with van der Waals surface area (Å²) < 4.78 is 0. The van der Waals surface area contributed by atoms with Crippen molar-refractivity contribution < 1.29 is 4.79 Å². The summed E-state index contributed by atoms with van der Waals surface area (Å²) in [5.74, 6) is -0.287. The third-order valence-electron chi connectivity index (χ3n) is 2.51. The summed E-state index contributed by atoms with van der Waals surface area (Å²) >= 11 is 0. The lowest BCUT2D eigenvalue weighted by atomic mass is 10.3. The molecule has 0 bridgehead atoms. The number of halogens is 1. The Labute approximate surface area is 97.2 Å². The third-order valence-corrected chi connectivity index (χ3v) is 2.51. The van der Waals surface area contributed by atoms with Gasteiger partial charge in [-0.05, 0) is 6.92 Å². The molecule has 5 nitrogen and oxygen atoms in total. The number of piperazine rings is 1. The molecule has 6 heteroatoms. The first-order valence-electron chi connectivity index (χ1n) is 5.16. The number of hydrogen-bond donors (Lipinski definition) is 3. The summed E-state index contributed by atoms with van der Waals surface area (Å²) in [5.41, 5.74) is 5.13. The lowest BCUT2D eigenvalue weighted by Gasteiger charge is -2.27. The van der Waals surface area contributed by atoms with Crippen molar-refractivity contribution in [1.29, 1.82) is 0 Å². The van der Waals surface area contributed by atoms with E-state index in [4.69, 9.17) is 5.73 Å². The summed E-state index contributed by atoms with van der Waals surface area (Å²) in [6.45, 7) is 7.90. The summed E-state index contributed by atoms with van der Waals surface area (Å²) in [6, 6.07) is -0.224. The van der Waals surface area contributed by atoms with Gasteiger partial charge in [-0.15, -0.1) is 12.4 Å². The number of carbonyl (C=O) groups is 1. The van der Waals surface area contributed by atoms with E-state index in [0.29, 0.717) is 0 Å². The number of nitrogens with one attached hydrogen (secondary N) is 2. The molecular formula is C9H21ClN4O. The van der Waals surface area contributed by atoms with Crippen molar-refractivity contribution in [2.75, 3.05) is 39.3 Å². The molecule has 0 radical (unpaired) electrons. The first-order chi connectivity index (χ1) is 6.70. The summed E-state index contributed by atoms with van der Waals surface area (Å²) in [4.78, 5) is 13.1. The average molecular weight is 237 g/mol. The van der Waals surface area contributed by atoms with Crippen molar-refractivity contribution in [2.45, 2.75) is 13.0 Å². The lowest BCUT2D eigenvalue weighted by molar-refractivity contribution is -0.119. The first-order valence-corrected chi connectivity index (χ1v) is 5.16. The van der Waals surface area contributed by atoms with E-state index >= 15 is 0 Å². The van der Waals surface area contributed by atoms with E-state index in [1.807, 2.05) is 0 Å². The van der Waals surface area contributed by atoms with Gasteiger partial charge in [0.1, 0.15) is 0 Å². The van der Waals surface area contributed by atoms with Gasteiger partial charge in [0.15, 0.2) is 0 Å². The number of nitrogens with two attached hydrogens (primary N) is 1. The Morgan fingerprint density at radius 1 is 1.53 bits per heavy atom. The Kier molecular flexibility index (Phi) is 7.68. The molecule has 0 aliphatic carbocycles. The van der Waals surface area contributed by atoms with Gasteiger partial charge in [-0.1, -0.05) is 0 Å². The van der Waals surface area contributed by atoms with E-state index in [-0.39, 0.29) is 24.4 Å². The van der Waals surface area contributed by atoms with Crippen molar-refractivity contribution in [2.24, 2.45) is 5.73 Å². The standard InChI is InChI=1S/C9H20N4O.ClH/c1-8(9(10)14)12-4-7-13-5-2-11-3-6-13;/h8,11-12H,2-7H2,1H3,(H2,10,14);1H/t8-;/m1./s1. The van der Waals surface area contributed by atoms with Crippen LogP contribution in [0.25, 0.3) is 0 Å². The Morgan fingerprint density at radius 3 is 2.67 bits per heavy atom. The Hall–Kier alpha value is -0.360. The van der Waals surface area contributed by atoms with Gasteiger partial charge in [0.2, 0.25) is 5.91 Å². The molecule has 0 aromatic carbocycles. The molecule has 1 rings (SSSR count). The number of amides is 1. The molecule has 1 aliphatic heterocycles. The molecule has 4 N–H and O–H groups in total. The second-order valence-corrected chi connectivity index (χ2v) is 3.67. The fourth-order valence-electron chi connectivity index (χ4n) is 1.47. The Morgan fingerprint density at radius 2 is 2.13 bits per heavy atom. The predicted molar refractivity (Wildman–Crippen MR) is 63.2 cm³/mol. The fraction of sp³-hybridized carbons (Fsp3) is 0.889. The molecule has 15 heavy (non-hydrogen) atoms. The normalized spacial score (nSPS) is 19.3. The van der Waals surface area contributed by atoms with Crippen LogP contribution in [0.15, 0.2) is 0 Å². The van der Waals surface area contributed by atoms with E-state index in [0.717, 1.165) is 39.3 Å². The van der Waals surface area contributed by atoms with Gasteiger partial charge in [0.25, 0.3) is 0 Å². The topological polar surface area (TPSA) is 70.4 Å². The monoisotopic (exact) mass is 236 g/mol. The molecule has 1 amide bonds. The smallest absolute Gasteiger partial charge is 0.234 e. The van der Waals surface area contributed by atoms with Crippen LogP contribution in [0.1, 0.15) is 6.92 Å². The molecule has 0 aromatic heterocycles. The molecule has 0 unspecified atom stereocenters. The van der Waals surface area contributed by atoms with Crippen molar-refractivity contribution in [1.82, 2.24) is 15.5 Å². The molecule has 90 valence electrons. The van der Waals surface area contributed by atoms with Gasteiger partial charge in [0.05, 0.1) is 6.04 Å². The zero-order chi connectivity index (χ0) is 10.4. The zero-order valence-corrected chi connectivity index (χ0v) is 9.98. The molecule has 0 saturated carbocycles. The molecule has 1 heterocycles. The van der Waals surface area contributed by atoms with Gasteiger partial charge < -0.3 is 16.4 Å². The van der Waals surface area contributed by atoms with E-state index in [2.05, 4.69) is 15.5 Å². The molecule has 1 atom stereocenters. The molecular weight excluding hydrogens is 216 g/mol. The van der Waals surface area contributed by atoms with E-state index in [9.17, 15) is 4.79 Å². The third kappa shape index (κ3) is 5.94. The quantitative estimate of drug-likeness (QED) is 0.560. The number of carbonyl (C=O) groups excluding carboxylic acids is 1. The van der Waals surface area contributed by atoms with Crippen LogP contribution in [0.3, 0.4) is 0 Å². The largest absolute Gasteiger partial charge is 0.368 e. The number of nitrogens with zero attached hydrogens (tertiary/aromatic N) is 1. The van der Waals surface area contributed by atoms with E-state index < -0.39 is 0 Å². The van der Waals surface area contributed by atoms with Crippen molar-refractivity contribution in [3.8, 4) is 0 Å². The van der Waals surface area contributed by atoms with Gasteiger partial charge in [0, 0.05) is 39.3 Å². The highest BCUT2D eigenvalue weighted by Gasteiger charge is 2.10. The molecule has 1 saturated heterocycles. The molecule has 1 aliphatic rings. The van der Waals surface area contributed by atoms with Crippen LogP contribution < -0.4 is 16.4 Å². The molecule has 1 fully saturated rings. The lowest BCUT2D eigenvalue weighted by Crippen LogP contribution is -2.47. The average Bonchev–Trinajstić information content (AvgIpc) is 2.19. The SMILES string of the molecule is C[C@@H](NCCN1CCNCC1)C(N)=O.Cl. The number of hydrogen-bond acceptors (Lipinski definition) is 4. The first kappa shape index (κ1) is 14.6. The zero-order valence-electron chi connectivity index (χ0n) is 9.16. The summed E-state index contributed by atoms with van der Waals surface area (Å²) in [7, 11) is 0. The van der Waals surface area contributed by atoms with Gasteiger partial charge >= 0.3 is 0 Å². The van der Waals surface area contributed by atoms with Crippen LogP contribution in [0, 0.1) is 0 Å².